The number of nitrogens with two attached hydrogens (primary N) is 1. The van der Waals surface area contributed by atoms with E-state index >= 15 is 0 Å². The number of fused-ring (bicyclic) bond motifs is 2. The Hall–Kier alpha value is -4.65. The lowest BCUT2D eigenvalue weighted by atomic mass is 10.1. The summed E-state index contributed by atoms with van der Waals surface area (Å²) < 4.78 is 12.7. The van der Waals surface area contributed by atoms with Crippen LogP contribution in [0.3, 0.4) is 0 Å². The first-order valence-electron chi connectivity index (χ1n) is 9.33. The summed E-state index contributed by atoms with van der Waals surface area (Å²) in [5.74, 6) is 0.315. The quantitative estimate of drug-likeness (QED) is 0.519. The van der Waals surface area contributed by atoms with Crippen LogP contribution in [0.2, 0.25) is 0 Å². The predicted molar refractivity (Wildman–Crippen MR) is 110 cm³/mol. The molecule has 5 rings (SSSR count). The molecule has 0 saturated heterocycles. The number of rotatable bonds is 4. The second-order valence-electron chi connectivity index (χ2n) is 6.74. The van der Waals surface area contributed by atoms with Gasteiger partial charge in [-0.3, -0.25) is 9.78 Å². The van der Waals surface area contributed by atoms with Crippen LogP contribution in [-0.2, 0) is 0 Å². The van der Waals surface area contributed by atoms with E-state index in [0.717, 1.165) is 5.52 Å². The zero-order valence-electron chi connectivity index (χ0n) is 16.1. The minimum Gasteiger partial charge on any atom is -0.484 e. The van der Waals surface area contributed by atoms with Crippen molar-refractivity contribution >= 4 is 22.8 Å². The molecule has 1 aliphatic rings. The molecular weight excluding hydrogens is 398 g/mol. The van der Waals surface area contributed by atoms with Gasteiger partial charge in [0.1, 0.15) is 19.3 Å². The molecule has 0 atom stereocenters. The number of ether oxygens (including phenoxy) is 2. The fourth-order valence-corrected chi connectivity index (χ4v) is 3.31. The third-order valence-corrected chi connectivity index (χ3v) is 4.74. The highest BCUT2D eigenvalue weighted by Crippen LogP contribution is 2.32. The van der Waals surface area contributed by atoms with E-state index in [4.69, 9.17) is 20.5 Å². The molecule has 10 nitrogen and oxygen atoms in total. The summed E-state index contributed by atoms with van der Waals surface area (Å²) in [4.78, 5) is 20.6. The zero-order valence-corrected chi connectivity index (χ0v) is 16.1. The van der Waals surface area contributed by atoms with Gasteiger partial charge in [0.15, 0.2) is 5.75 Å². The maximum atomic E-state index is 12.0. The number of aromatic nitrogens is 4. The van der Waals surface area contributed by atoms with Gasteiger partial charge in [0.2, 0.25) is 0 Å². The molecule has 4 aromatic heterocycles. The number of primary amides is 1. The van der Waals surface area contributed by atoms with E-state index in [1.54, 1.807) is 28.9 Å². The monoisotopic (exact) mass is 413 g/mol. The summed E-state index contributed by atoms with van der Waals surface area (Å²) in [5, 5.41) is 16.5. The standard InChI is InChI=1S/C21H15N7O3/c22-8-12-5-14-1-2-18(28(14)26-9-12)17-7-16(15(11-24-17)20(23)29)27-13-6-19-21(25-10-13)31-4-3-30-19/h1-2,5-7,9-11H,3-4H2,(H2,23,29)(H,24,27). The van der Waals surface area contributed by atoms with Crippen molar-refractivity contribution in [1.82, 2.24) is 19.6 Å². The van der Waals surface area contributed by atoms with Gasteiger partial charge in [-0.05, 0) is 24.3 Å². The molecule has 10 heteroatoms. The van der Waals surface area contributed by atoms with Crippen molar-refractivity contribution in [3.05, 3.63) is 60.0 Å². The lowest BCUT2D eigenvalue weighted by molar-refractivity contribution is 0.100. The van der Waals surface area contributed by atoms with Crippen LogP contribution in [0.4, 0.5) is 11.4 Å². The normalized spacial score (nSPS) is 12.4. The largest absolute Gasteiger partial charge is 0.484 e. The molecular formula is C21H15N7O3. The Morgan fingerprint density at radius 1 is 1.13 bits per heavy atom. The lowest BCUT2D eigenvalue weighted by Crippen LogP contribution is -2.17. The van der Waals surface area contributed by atoms with Crippen LogP contribution in [0, 0.1) is 11.3 Å². The number of hydrogen-bond acceptors (Lipinski definition) is 8. The number of nitrogens with zero attached hydrogens (tertiary/aromatic N) is 5. The Kier molecular flexibility index (Phi) is 4.33. The minimum absolute atomic E-state index is 0.222. The number of hydrogen-bond donors (Lipinski definition) is 2. The van der Waals surface area contributed by atoms with Crippen molar-refractivity contribution in [2.75, 3.05) is 18.5 Å². The van der Waals surface area contributed by atoms with Crippen molar-refractivity contribution in [1.29, 1.82) is 5.26 Å². The molecule has 1 aliphatic heterocycles. The molecule has 1 amide bonds. The molecule has 5 heterocycles. The minimum atomic E-state index is -0.621. The van der Waals surface area contributed by atoms with Crippen LogP contribution in [0.5, 0.6) is 11.6 Å². The van der Waals surface area contributed by atoms with E-state index in [9.17, 15) is 4.79 Å². The van der Waals surface area contributed by atoms with Crippen molar-refractivity contribution in [2.45, 2.75) is 0 Å². The first-order chi connectivity index (χ1) is 15.1. The van der Waals surface area contributed by atoms with E-state index in [1.807, 2.05) is 12.1 Å². The molecule has 0 bridgehead atoms. The van der Waals surface area contributed by atoms with Gasteiger partial charge in [-0.2, -0.15) is 10.4 Å². The molecule has 3 N–H and O–H groups in total. The van der Waals surface area contributed by atoms with Crippen LogP contribution in [-0.4, -0.2) is 38.7 Å². The number of amides is 1. The molecule has 31 heavy (non-hydrogen) atoms. The van der Waals surface area contributed by atoms with Gasteiger partial charge in [-0.25, -0.2) is 9.50 Å². The maximum absolute atomic E-state index is 12.0. The van der Waals surface area contributed by atoms with E-state index in [0.29, 0.717) is 53.2 Å². The van der Waals surface area contributed by atoms with E-state index in [2.05, 4.69) is 26.5 Å². The number of nitriles is 1. The van der Waals surface area contributed by atoms with Gasteiger partial charge < -0.3 is 20.5 Å². The average molecular weight is 413 g/mol. The summed E-state index contributed by atoms with van der Waals surface area (Å²) in [6, 6.07) is 10.9. The summed E-state index contributed by atoms with van der Waals surface area (Å²) >= 11 is 0. The number of pyridine rings is 2. The molecule has 0 unspecified atom stereocenters. The number of carbonyl (C=O) groups is 1. The average Bonchev–Trinajstić information content (AvgIpc) is 3.22. The van der Waals surface area contributed by atoms with E-state index < -0.39 is 5.91 Å². The van der Waals surface area contributed by atoms with Gasteiger partial charge in [0, 0.05) is 12.3 Å². The third-order valence-electron chi connectivity index (χ3n) is 4.74. The number of carbonyl (C=O) groups excluding carboxylic acids is 1. The third kappa shape index (κ3) is 3.34. The SMILES string of the molecule is N#Cc1cnn2c(-c3cc(Nc4cnc5c(c4)OCCO5)c(C(N)=O)cn3)ccc2c1. The van der Waals surface area contributed by atoms with Crippen molar-refractivity contribution in [2.24, 2.45) is 5.73 Å². The second kappa shape index (κ2) is 7.31. The summed E-state index contributed by atoms with van der Waals surface area (Å²) in [7, 11) is 0. The van der Waals surface area contributed by atoms with Crippen LogP contribution in [0.25, 0.3) is 16.9 Å². The van der Waals surface area contributed by atoms with Gasteiger partial charge >= 0.3 is 0 Å². The Morgan fingerprint density at radius 3 is 2.84 bits per heavy atom. The Balaban J connectivity index is 1.55. The van der Waals surface area contributed by atoms with Crippen LogP contribution in [0.15, 0.2) is 48.9 Å². The maximum Gasteiger partial charge on any atom is 0.257 e. The smallest absolute Gasteiger partial charge is 0.257 e. The molecule has 0 saturated carbocycles. The van der Waals surface area contributed by atoms with E-state index in [-0.39, 0.29) is 5.56 Å². The molecule has 0 radical (unpaired) electrons. The van der Waals surface area contributed by atoms with E-state index in [1.165, 1.54) is 12.4 Å². The highest BCUT2D eigenvalue weighted by atomic mass is 16.6. The zero-order chi connectivity index (χ0) is 21.4. The number of nitrogens with one attached hydrogen (secondary N) is 1. The van der Waals surface area contributed by atoms with Gasteiger partial charge in [0.05, 0.1) is 51.8 Å². The van der Waals surface area contributed by atoms with Crippen LogP contribution < -0.4 is 20.5 Å². The fraction of sp³-hybridized carbons (Fsp3) is 0.0952. The molecule has 0 aromatic carbocycles. The van der Waals surface area contributed by atoms with Gasteiger partial charge in [0.25, 0.3) is 11.8 Å². The first-order valence-corrected chi connectivity index (χ1v) is 9.33. The van der Waals surface area contributed by atoms with Gasteiger partial charge in [-0.15, -0.1) is 0 Å². The highest BCUT2D eigenvalue weighted by Gasteiger charge is 2.17. The Bertz CT molecular complexity index is 1370. The molecule has 4 aromatic rings. The van der Waals surface area contributed by atoms with Crippen molar-refractivity contribution in [3.8, 4) is 29.1 Å². The molecule has 152 valence electrons. The predicted octanol–water partition coefficient (Wildman–Crippen LogP) is 2.28. The lowest BCUT2D eigenvalue weighted by Gasteiger charge is -2.18. The van der Waals surface area contributed by atoms with Crippen LogP contribution in [0.1, 0.15) is 15.9 Å². The Morgan fingerprint density at radius 2 is 2.00 bits per heavy atom. The molecule has 0 spiro atoms. The second-order valence-corrected chi connectivity index (χ2v) is 6.74. The van der Waals surface area contributed by atoms with Gasteiger partial charge in [-0.1, -0.05) is 0 Å². The first kappa shape index (κ1) is 18.4. The fourth-order valence-electron chi connectivity index (χ4n) is 3.31. The number of anilines is 2. The molecule has 0 aliphatic carbocycles. The summed E-state index contributed by atoms with van der Waals surface area (Å²) in [6.45, 7) is 0.882. The van der Waals surface area contributed by atoms with Crippen molar-refractivity contribution < 1.29 is 14.3 Å². The Labute approximate surface area is 175 Å². The summed E-state index contributed by atoms with van der Waals surface area (Å²) in [5.41, 5.74) is 9.29. The summed E-state index contributed by atoms with van der Waals surface area (Å²) in [6.07, 6.45) is 4.47. The topological polar surface area (TPSA) is 140 Å². The highest BCUT2D eigenvalue weighted by molar-refractivity contribution is 5.99. The van der Waals surface area contributed by atoms with Crippen LogP contribution >= 0.6 is 0 Å². The van der Waals surface area contributed by atoms with Crippen molar-refractivity contribution in [3.63, 3.8) is 0 Å². The molecule has 0 fully saturated rings.